The lowest BCUT2D eigenvalue weighted by atomic mass is 10.2. The van der Waals surface area contributed by atoms with E-state index in [1.54, 1.807) is 37.3 Å². The maximum absolute atomic E-state index is 12.8. The van der Waals surface area contributed by atoms with E-state index in [0.29, 0.717) is 22.0 Å². The summed E-state index contributed by atoms with van der Waals surface area (Å²) in [5, 5.41) is 13.0. The molecule has 0 bridgehead atoms. The first-order valence-corrected chi connectivity index (χ1v) is 8.16. The van der Waals surface area contributed by atoms with Gasteiger partial charge in [0.05, 0.1) is 11.4 Å². The number of hydrogen-bond donors (Lipinski definition) is 2. The average Bonchev–Trinajstić information content (AvgIpc) is 2.75. The minimum atomic E-state index is -0.633. The Morgan fingerprint density at radius 1 is 1.00 bits per heavy atom. The third-order valence-electron chi connectivity index (χ3n) is 3.84. The molecule has 1 aliphatic heterocycles. The van der Waals surface area contributed by atoms with Crippen molar-refractivity contribution in [2.24, 2.45) is 0 Å². The molecule has 0 unspecified atom stereocenters. The largest absolute Gasteiger partial charge is 0.506 e. The average molecular weight is 377 g/mol. The van der Waals surface area contributed by atoms with Crippen molar-refractivity contribution in [3.05, 3.63) is 63.3 Å². The Labute approximate surface area is 154 Å². The van der Waals surface area contributed by atoms with Gasteiger partial charge in [-0.15, -0.1) is 0 Å². The van der Waals surface area contributed by atoms with Crippen molar-refractivity contribution < 1.29 is 14.7 Å². The van der Waals surface area contributed by atoms with Crippen molar-refractivity contribution in [1.82, 2.24) is 0 Å². The summed E-state index contributed by atoms with van der Waals surface area (Å²) in [6.07, 6.45) is 0. The number of phenolic OH excluding ortho intramolecular Hbond substituents is 1. The third kappa shape index (κ3) is 3.08. The Hall–Kier alpha value is -2.50. The minimum absolute atomic E-state index is 0.0519. The van der Waals surface area contributed by atoms with Crippen molar-refractivity contribution in [3.8, 4) is 5.75 Å². The van der Waals surface area contributed by atoms with Crippen molar-refractivity contribution in [2.45, 2.75) is 13.8 Å². The van der Waals surface area contributed by atoms with Crippen LogP contribution >= 0.6 is 23.2 Å². The molecular weight excluding hydrogens is 363 g/mol. The smallest absolute Gasteiger partial charge is 0.283 e. The number of carbonyl (C=O) groups is 2. The molecule has 2 aromatic rings. The van der Waals surface area contributed by atoms with Crippen LogP contribution < -0.4 is 10.2 Å². The predicted octanol–water partition coefficient (Wildman–Crippen LogP) is 4.10. The summed E-state index contributed by atoms with van der Waals surface area (Å²) in [5.74, 6) is -1.28. The van der Waals surface area contributed by atoms with E-state index in [0.717, 1.165) is 10.5 Å². The molecule has 0 aliphatic carbocycles. The van der Waals surface area contributed by atoms with Crippen LogP contribution in [0.1, 0.15) is 11.1 Å². The van der Waals surface area contributed by atoms with E-state index in [1.807, 2.05) is 6.92 Å². The molecule has 1 aliphatic rings. The number of imide groups is 1. The second-order valence-electron chi connectivity index (χ2n) is 5.71. The maximum atomic E-state index is 12.8. The van der Waals surface area contributed by atoms with Gasteiger partial charge in [0.25, 0.3) is 11.8 Å². The number of benzene rings is 2. The van der Waals surface area contributed by atoms with Gasteiger partial charge in [-0.2, -0.15) is 0 Å². The fourth-order valence-corrected chi connectivity index (χ4v) is 3.02. The first-order chi connectivity index (χ1) is 11.8. The molecule has 2 amide bonds. The molecule has 0 aromatic heterocycles. The van der Waals surface area contributed by atoms with Crippen LogP contribution in [0.5, 0.6) is 5.75 Å². The van der Waals surface area contributed by atoms with E-state index in [-0.39, 0.29) is 16.5 Å². The van der Waals surface area contributed by atoms with Gasteiger partial charge in [0.1, 0.15) is 16.5 Å². The molecule has 0 atom stereocenters. The molecule has 3 rings (SSSR count). The second-order valence-corrected chi connectivity index (χ2v) is 6.53. The Kier molecular flexibility index (Phi) is 4.45. The number of rotatable bonds is 3. The monoisotopic (exact) mass is 376 g/mol. The lowest BCUT2D eigenvalue weighted by Gasteiger charge is -2.18. The Bertz CT molecular complexity index is 938. The fraction of sp³-hybridized carbons (Fsp3) is 0.111. The summed E-state index contributed by atoms with van der Waals surface area (Å²) in [6, 6.07) is 9.71. The topological polar surface area (TPSA) is 69.6 Å². The fourth-order valence-electron chi connectivity index (χ4n) is 2.58. The molecule has 0 fully saturated rings. The molecule has 5 nitrogen and oxygen atoms in total. The summed E-state index contributed by atoms with van der Waals surface area (Å²) >= 11 is 12.0. The van der Waals surface area contributed by atoms with Gasteiger partial charge in [-0.05, 0) is 55.3 Å². The van der Waals surface area contributed by atoms with E-state index in [9.17, 15) is 14.7 Å². The molecule has 25 heavy (non-hydrogen) atoms. The minimum Gasteiger partial charge on any atom is -0.506 e. The maximum Gasteiger partial charge on any atom is 0.283 e. The summed E-state index contributed by atoms with van der Waals surface area (Å²) in [5.41, 5.74) is 2.16. The molecular formula is C18H14Cl2N2O3. The van der Waals surface area contributed by atoms with Gasteiger partial charge in [0, 0.05) is 5.02 Å². The van der Waals surface area contributed by atoms with Crippen LogP contribution in [0.15, 0.2) is 47.1 Å². The number of halogens is 2. The van der Waals surface area contributed by atoms with Crippen LogP contribution in [0, 0.1) is 13.8 Å². The standard InChI is InChI=1S/C18H14Cl2N2O3/c1-9-3-6-14(23)12(7-9)21-16-15(20)17(24)22(18(16)25)13-5-4-11(19)8-10(13)2/h3-8,21,23H,1-2H3. The van der Waals surface area contributed by atoms with Crippen molar-refractivity contribution >= 4 is 46.4 Å². The Morgan fingerprint density at radius 3 is 2.40 bits per heavy atom. The van der Waals surface area contributed by atoms with Gasteiger partial charge >= 0.3 is 0 Å². The lowest BCUT2D eigenvalue weighted by Crippen LogP contribution is -2.32. The van der Waals surface area contributed by atoms with E-state index in [4.69, 9.17) is 23.2 Å². The Morgan fingerprint density at radius 2 is 1.72 bits per heavy atom. The van der Waals surface area contributed by atoms with E-state index < -0.39 is 11.8 Å². The van der Waals surface area contributed by atoms with Crippen LogP contribution in [0.4, 0.5) is 11.4 Å². The molecule has 2 aromatic carbocycles. The Balaban J connectivity index is 1.98. The molecule has 0 saturated heterocycles. The number of carbonyl (C=O) groups excluding carboxylic acids is 2. The van der Waals surface area contributed by atoms with Crippen molar-refractivity contribution in [1.29, 1.82) is 0 Å². The number of aryl methyl sites for hydroxylation is 2. The summed E-state index contributed by atoms with van der Waals surface area (Å²) in [6.45, 7) is 3.58. The molecule has 0 radical (unpaired) electrons. The highest BCUT2D eigenvalue weighted by Crippen LogP contribution is 2.34. The lowest BCUT2D eigenvalue weighted by molar-refractivity contribution is -0.120. The van der Waals surface area contributed by atoms with Crippen LogP contribution in [0.25, 0.3) is 0 Å². The molecule has 2 N–H and O–H groups in total. The quantitative estimate of drug-likeness (QED) is 0.624. The number of phenols is 1. The van der Waals surface area contributed by atoms with E-state index in [1.165, 1.54) is 6.07 Å². The zero-order chi connectivity index (χ0) is 18.3. The molecule has 0 saturated carbocycles. The number of anilines is 2. The molecule has 7 heteroatoms. The van der Waals surface area contributed by atoms with Crippen LogP contribution in [-0.4, -0.2) is 16.9 Å². The SMILES string of the molecule is Cc1ccc(O)c(NC2=C(Cl)C(=O)N(c3ccc(Cl)cc3C)C2=O)c1. The highest BCUT2D eigenvalue weighted by molar-refractivity contribution is 6.53. The molecule has 128 valence electrons. The number of nitrogens with zero attached hydrogens (tertiary/aromatic N) is 1. The highest BCUT2D eigenvalue weighted by Gasteiger charge is 2.39. The first kappa shape index (κ1) is 17.3. The van der Waals surface area contributed by atoms with Crippen LogP contribution in [0.2, 0.25) is 5.02 Å². The van der Waals surface area contributed by atoms with Crippen molar-refractivity contribution in [2.75, 3.05) is 10.2 Å². The van der Waals surface area contributed by atoms with Gasteiger partial charge in [-0.1, -0.05) is 29.3 Å². The van der Waals surface area contributed by atoms with Gasteiger partial charge in [0.2, 0.25) is 0 Å². The van der Waals surface area contributed by atoms with E-state index >= 15 is 0 Å². The second kappa shape index (κ2) is 6.43. The number of amides is 2. The van der Waals surface area contributed by atoms with Gasteiger partial charge in [-0.3, -0.25) is 9.59 Å². The zero-order valence-corrected chi connectivity index (χ0v) is 14.9. The van der Waals surface area contributed by atoms with Crippen LogP contribution in [0.3, 0.4) is 0 Å². The van der Waals surface area contributed by atoms with Gasteiger partial charge in [-0.25, -0.2) is 4.90 Å². The summed E-state index contributed by atoms with van der Waals surface area (Å²) in [4.78, 5) is 26.2. The van der Waals surface area contributed by atoms with Gasteiger partial charge in [0.15, 0.2) is 0 Å². The molecule has 1 heterocycles. The molecule has 0 spiro atoms. The highest BCUT2D eigenvalue weighted by atomic mass is 35.5. The third-order valence-corrected chi connectivity index (χ3v) is 4.42. The van der Waals surface area contributed by atoms with Crippen LogP contribution in [-0.2, 0) is 9.59 Å². The summed E-state index contributed by atoms with van der Waals surface area (Å²) < 4.78 is 0. The normalized spacial score (nSPS) is 14.5. The van der Waals surface area contributed by atoms with Gasteiger partial charge < -0.3 is 10.4 Å². The summed E-state index contributed by atoms with van der Waals surface area (Å²) in [7, 11) is 0. The number of aromatic hydroxyl groups is 1. The number of hydrogen-bond acceptors (Lipinski definition) is 4. The number of nitrogens with one attached hydrogen (secondary N) is 1. The predicted molar refractivity (Wildman–Crippen MR) is 98.0 cm³/mol. The van der Waals surface area contributed by atoms with E-state index in [2.05, 4.69) is 5.32 Å². The first-order valence-electron chi connectivity index (χ1n) is 7.41. The van der Waals surface area contributed by atoms with Crippen molar-refractivity contribution in [3.63, 3.8) is 0 Å². The zero-order valence-electron chi connectivity index (χ0n) is 13.4.